The normalized spacial score (nSPS) is 12.0. The molecule has 0 aliphatic rings. The van der Waals surface area contributed by atoms with E-state index in [0.29, 0.717) is 28.2 Å². The molecular weight excluding hydrogens is 272 g/mol. The molecule has 1 aromatic heterocycles. The molecule has 1 unspecified atom stereocenters. The monoisotopic (exact) mass is 288 g/mol. The van der Waals surface area contributed by atoms with Crippen LogP contribution in [0.3, 0.4) is 0 Å². The highest BCUT2D eigenvalue weighted by molar-refractivity contribution is 7.99. The highest BCUT2D eigenvalue weighted by atomic mass is 35.5. The molecule has 0 saturated heterocycles. The van der Waals surface area contributed by atoms with E-state index in [0.717, 1.165) is 6.42 Å². The third-order valence-electron chi connectivity index (χ3n) is 2.48. The molecule has 0 saturated carbocycles. The lowest BCUT2D eigenvalue weighted by atomic mass is 10.2. The molecule has 1 atom stereocenters. The van der Waals surface area contributed by atoms with E-state index in [1.165, 1.54) is 12.3 Å². The van der Waals surface area contributed by atoms with Crippen LogP contribution in [0.2, 0.25) is 5.02 Å². The minimum absolute atomic E-state index is 0.179. The number of thioether (sulfide) groups is 1. The summed E-state index contributed by atoms with van der Waals surface area (Å²) >= 11 is 7.66. The van der Waals surface area contributed by atoms with Crippen molar-refractivity contribution in [2.75, 3.05) is 18.2 Å². The summed E-state index contributed by atoms with van der Waals surface area (Å²) in [5.41, 5.74) is 2.78. The predicted octanol–water partition coefficient (Wildman–Crippen LogP) is 1.89. The summed E-state index contributed by atoms with van der Waals surface area (Å²) < 4.78 is 0. The van der Waals surface area contributed by atoms with Crippen LogP contribution in [0.25, 0.3) is 0 Å². The maximum atomic E-state index is 11.8. The van der Waals surface area contributed by atoms with Gasteiger partial charge in [0.05, 0.1) is 10.6 Å². The first kappa shape index (κ1) is 15.1. The number of halogens is 1. The van der Waals surface area contributed by atoms with Crippen molar-refractivity contribution < 1.29 is 4.79 Å². The molecule has 0 spiro atoms. The van der Waals surface area contributed by atoms with Gasteiger partial charge in [-0.2, -0.15) is 11.8 Å². The van der Waals surface area contributed by atoms with Crippen LogP contribution in [-0.4, -0.2) is 28.9 Å². The molecule has 5 nitrogen and oxygen atoms in total. The number of aromatic nitrogens is 1. The maximum Gasteiger partial charge on any atom is 0.252 e. The maximum absolute atomic E-state index is 11.8. The molecule has 18 heavy (non-hydrogen) atoms. The molecule has 0 aromatic carbocycles. The molecule has 1 aromatic rings. The topological polar surface area (TPSA) is 80.0 Å². The third-order valence-corrected chi connectivity index (χ3v) is 3.81. The summed E-state index contributed by atoms with van der Waals surface area (Å²) in [7, 11) is 0. The van der Waals surface area contributed by atoms with Gasteiger partial charge in [-0.3, -0.25) is 4.79 Å². The van der Waals surface area contributed by atoms with Gasteiger partial charge in [0.1, 0.15) is 0 Å². The van der Waals surface area contributed by atoms with Gasteiger partial charge in [-0.25, -0.2) is 10.8 Å². The van der Waals surface area contributed by atoms with Gasteiger partial charge in [-0.05, 0) is 18.7 Å². The van der Waals surface area contributed by atoms with Crippen LogP contribution < -0.4 is 16.6 Å². The van der Waals surface area contributed by atoms with Crippen LogP contribution in [-0.2, 0) is 0 Å². The molecule has 0 aliphatic carbocycles. The summed E-state index contributed by atoms with van der Waals surface area (Å²) in [4.78, 5) is 15.7. The first-order valence-corrected chi connectivity index (χ1v) is 7.18. The number of nitrogens with one attached hydrogen (secondary N) is 2. The Labute approximate surface area is 116 Å². The molecule has 7 heteroatoms. The van der Waals surface area contributed by atoms with Crippen LogP contribution in [0.1, 0.15) is 23.7 Å². The minimum atomic E-state index is -0.179. The summed E-state index contributed by atoms with van der Waals surface area (Å²) in [5.74, 6) is 5.38. The highest BCUT2D eigenvalue weighted by Gasteiger charge is 2.09. The molecule has 1 heterocycles. The number of rotatable bonds is 6. The molecule has 0 fully saturated rings. The Kier molecular flexibility index (Phi) is 6.24. The summed E-state index contributed by atoms with van der Waals surface area (Å²) in [6.45, 7) is 2.76. The fourth-order valence-electron chi connectivity index (χ4n) is 1.28. The lowest BCUT2D eigenvalue weighted by Crippen LogP contribution is -2.26. The van der Waals surface area contributed by atoms with Gasteiger partial charge in [0.25, 0.3) is 5.91 Å². The zero-order valence-corrected chi connectivity index (χ0v) is 11.9. The molecule has 0 radical (unpaired) electrons. The van der Waals surface area contributed by atoms with Crippen LogP contribution in [0.15, 0.2) is 12.3 Å². The number of carbonyl (C=O) groups excluding carboxylic acids is 1. The Morgan fingerprint density at radius 3 is 2.94 bits per heavy atom. The summed E-state index contributed by atoms with van der Waals surface area (Å²) in [6, 6.07) is 1.54. The zero-order valence-electron chi connectivity index (χ0n) is 10.4. The predicted molar refractivity (Wildman–Crippen MR) is 77.0 cm³/mol. The van der Waals surface area contributed by atoms with Crippen molar-refractivity contribution >= 4 is 35.1 Å². The molecule has 0 bridgehead atoms. The number of nitrogen functional groups attached to an aromatic ring is 1. The molecular formula is C11H17ClN4OS. The second-order valence-corrected chi connectivity index (χ2v) is 5.47. The van der Waals surface area contributed by atoms with E-state index in [1.54, 1.807) is 11.8 Å². The second-order valence-electron chi connectivity index (χ2n) is 3.79. The van der Waals surface area contributed by atoms with Crippen molar-refractivity contribution in [1.82, 2.24) is 10.3 Å². The van der Waals surface area contributed by atoms with E-state index in [-0.39, 0.29) is 5.91 Å². The summed E-state index contributed by atoms with van der Waals surface area (Å²) in [5, 5.41) is 3.67. The summed E-state index contributed by atoms with van der Waals surface area (Å²) in [6.07, 6.45) is 4.42. The molecule has 1 rings (SSSR count). The van der Waals surface area contributed by atoms with Gasteiger partial charge in [0, 0.05) is 18.0 Å². The highest BCUT2D eigenvalue weighted by Crippen LogP contribution is 2.18. The van der Waals surface area contributed by atoms with Gasteiger partial charge in [-0.1, -0.05) is 18.5 Å². The average Bonchev–Trinajstić information content (AvgIpc) is 2.38. The van der Waals surface area contributed by atoms with E-state index in [4.69, 9.17) is 17.4 Å². The Hall–Kier alpha value is -0.980. The minimum Gasteiger partial charge on any atom is -0.352 e. The Balaban J connectivity index is 2.54. The van der Waals surface area contributed by atoms with Crippen molar-refractivity contribution in [3.05, 3.63) is 22.8 Å². The number of amides is 1. The van der Waals surface area contributed by atoms with Crippen molar-refractivity contribution in [3.8, 4) is 0 Å². The molecule has 100 valence electrons. The van der Waals surface area contributed by atoms with Crippen molar-refractivity contribution in [2.45, 2.75) is 18.6 Å². The average molecular weight is 289 g/mol. The largest absolute Gasteiger partial charge is 0.352 e. The van der Waals surface area contributed by atoms with Gasteiger partial charge in [0.15, 0.2) is 5.82 Å². The first-order chi connectivity index (χ1) is 8.58. The smallest absolute Gasteiger partial charge is 0.252 e. The number of nitrogens with two attached hydrogens (primary N) is 1. The van der Waals surface area contributed by atoms with Crippen molar-refractivity contribution in [2.24, 2.45) is 5.84 Å². The van der Waals surface area contributed by atoms with Crippen LogP contribution in [0.5, 0.6) is 0 Å². The molecule has 1 amide bonds. The van der Waals surface area contributed by atoms with E-state index in [1.807, 2.05) is 0 Å². The SMILES string of the molecule is CSC(C)CCNC(=O)c1cnc(NN)c(Cl)c1. The third kappa shape index (κ3) is 4.36. The zero-order chi connectivity index (χ0) is 13.5. The van der Waals surface area contributed by atoms with E-state index < -0.39 is 0 Å². The number of nitrogens with zero attached hydrogens (tertiary/aromatic N) is 1. The van der Waals surface area contributed by atoms with Crippen LogP contribution in [0, 0.1) is 0 Å². The quantitative estimate of drug-likeness (QED) is 0.550. The van der Waals surface area contributed by atoms with Crippen molar-refractivity contribution in [1.29, 1.82) is 0 Å². The van der Waals surface area contributed by atoms with Gasteiger partial charge >= 0.3 is 0 Å². The van der Waals surface area contributed by atoms with E-state index in [2.05, 4.69) is 28.9 Å². The van der Waals surface area contributed by atoms with E-state index >= 15 is 0 Å². The number of hydrogen-bond donors (Lipinski definition) is 3. The standard InChI is InChI=1S/C11H17ClN4OS/c1-7(18-2)3-4-14-11(17)8-5-9(12)10(16-13)15-6-8/h5-7H,3-4,13H2,1-2H3,(H,14,17)(H,15,16). The second kappa shape index (κ2) is 7.45. The van der Waals surface area contributed by atoms with Gasteiger partial charge in [-0.15, -0.1) is 0 Å². The van der Waals surface area contributed by atoms with Crippen LogP contribution >= 0.6 is 23.4 Å². The number of anilines is 1. The molecule has 0 aliphatic heterocycles. The fraction of sp³-hybridized carbons (Fsp3) is 0.455. The van der Waals surface area contributed by atoms with Crippen molar-refractivity contribution in [3.63, 3.8) is 0 Å². The number of carbonyl (C=O) groups is 1. The van der Waals surface area contributed by atoms with Gasteiger partial charge < -0.3 is 10.7 Å². The van der Waals surface area contributed by atoms with E-state index in [9.17, 15) is 4.79 Å². The number of hydrogen-bond acceptors (Lipinski definition) is 5. The van der Waals surface area contributed by atoms with Gasteiger partial charge in [0.2, 0.25) is 0 Å². The Morgan fingerprint density at radius 2 is 2.39 bits per heavy atom. The fourth-order valence-corrected chi connectivity index (χ4v) is 1.85. The number of pyridine rings is 1. The Morgan fingerprint density at radius 1 is 1.67 bits per heavy atom. The lowest BCUT2D eigenvalue weighted by molar-refractivity contribution is 0.0953. The van der Waals surface area contributed by atoms with Crippen LogP contribution in [0.4, 0.5) is 5.82 Å². The first-order valence-electron chi connectivity index (χ1n) is 5.51. The Bertz CT molecular complexity index is 416. The number of hydrazine groups is 1. The molecule has 4 N–H and O–H groups in total. The lowest BCUT2D eigenvalue weighted by Gasteiger charge is -2.09.